The summed E-state index contributed by atoms with van der Waals surface area (Å²) in [7, 11) is 0. The second-order valence-electron chi connectivity index (χ2n) is 4.54. The summed E-state index contributed by atoms with van der Waals surface area (Å²) in [6.07, 6.45) is 0. The molecule has 3 amide bonds. The molecule has 1 aromatic heterocycles. The number of thiophene rings is 1. The van der Waals surface area contributed by atoms with Crippen LogP contribution in [0.25, 0.3) is 0 Å². The van der Waals surface area contributed by atoms with E-state index in [-0.39, 0.29) is 11.8 Å². The van der Waals surface area contributed by atoms with Crippen molar-refractivity contribution in [2.75, 3.05) is 12.4 Å². The van der Waals surface area contributed by atoms with Crippen molar-refractivity contribution in [3.8, 4) is 0 Å². The van der Waals surface area contributed by atoms with Crippen LogP contribution in [0, 0.1) is 0 Å². The van der Waals surface area contributed by atoms with Crippen molar-refractivity contribution < 1.29 is 19.1 Å². The number of rotatable bonds is 7. The summed E-state index contributed by atoms with van der Waals surface area (Å²) in [5.74, 6) is -0.398. The second-order valence-corrected chi connectivity index (χ2v) is 7.32. The summed E-state index contributed by atoms with van der Waals surface area (Å²) in [4.78, 5) is 35.1. The Morgan fingerprint density at radius 1 is 1.36 bits per heavy atom. The first-order valence-corrected chi connectivity index (χ1v) is 8.79. The van der Waals surface area contributed by atoms with Gasteiger partial charge in [0.05, 0.1) is 10.1 Å². The van der Waals surface area contributed by atoms with Crippen LogP contribution in [-0.2, 0) is 20.1 Å². The Hall–Kier alpha value is -1.25. The van der Waals surface area contributed by atoms with Crippen LogP contribution >= 0.6 is 34.7 Å². The number of halogens is 1. The topological polar surface area (TPSA) is 84.5 Å². The third-order valence-corrected chi connectivity index (χ3v) is 4.50. The number of amides is 3. The number of nitrogens with one attached hydrogen (secondary N) is 2. The van der Waals surface area contributed by atoms with Crippen LogP contribution in [-0.4, -0.2) is 36.3 Å². The highest BCUT2D eigenvalue weighted by atomic mass is 35.5. The zero-order valence-electron chi connectivity index (χ0n) is 12.2. The standard InChI is InChI=1S/C13H17ClN2O4S2/c1-8(2)15-13(19)16-11(17)5-20-12(18)7-21-6-9-3-4-10(14)22-9/h3-4,8H,5-7H2,1-2H3,(H2,15,16,17,19). The van der Waals surface area contributed by atoms with Crippen LogP contribution in [0.2, 0.25) is 4.34 Å². The molecule has 0 saturated carbocycles. The number of hydrogen-bond donors (Lipinski definition) is 2. The van der Waals surface area contributed by atoms with E-state index in [1.165, 1.54) is 23.1 Å². The van der Waals surface area contributed by atoms with E-state index in [1.54, 1.807) is 19.9 Å². The van der Waals surface area contributed by atoms with E-state index < -0.39 is 24.5 Å². The van der Waals surface area contributed by atoms with E-state index in [1.807, 2.05) is 6.07 Å². The highest BCUT2D eigenvalue weighted by Crippen LogP contribution is 2.25. The third-order valence-electron chi connectivity index (χ3n) is 2.13. The van der Waals surface area contributed by atoms with Gasteiger partial charge < -0.3 is 10.1 Å². The molecule has 6 nitrogen and oxygen atoms in total. The molecule has 122 valence electrons. The van der Waals surface area contributed by atoms with Crippen LogP contribution in [0.5, 0.6) is 0 Å². The molecule has 0 aromatic carbocycles. The molecule has 0 unspecified atom stereocenters. The molecule has 0 radical (unpaired) electrons. The van der Waals surface area contributed by atoms with Crippen molar-refractivity contribution in [3.63, 3.8) is 0 Å². The predicted octanol–water partition coefficient (Wildman–Crippen LogP) is 2.41. The van der Waals surface area contributed by atoms with Gasteiger partial charge in [-0.15, -0.1) is 23.1 Å². The van der Waals surface area contributed by atoms with Crippen molar-refractivity contribution >= 4 is 52.6 Å². The van der Waals surface area contributed by atoms with Crippen molar-refractivity contribution in [3.05, 3.63) is 21.3 Å². The van der Waals surface area contributed by atoms with Crippen LogP contribution in [0.15, 0.2) is 12.1 Å². The van der Waals surface area contributed by atoms with Crippen LogP contribution in [0.4, 0.5) is 4.79 Å². The van der Waals surface area contributed by atoms with Gasteiger partial charge in [-0.1, -0.05) is 11.6 Å². The van der Waals surface area contributed by atoms with Gasteiger partial charge in [0.25, 0.3) is 5.91 Å². The van der Waals surface area contributed by atoms with Gasteiger partial charge in [0.2, 0.25) is 0 Å². The SMILES string of the molecule is CC(C)NC(=O)NC(=O)COC(=O)CSCc1ccc(Cl)s1. The summed E-state index contributed by atoms with van der Waals surface area (Å²) in [5, 5.41) is 4.56. The predicted molar refractivity (Wildman–Crippen MR) is 88.3 cm³/mol. The van der Waals surface area contributed by atoms with E-state index in [0.29, 0.717) is 10.1 Å². The number of hydrogen-bond acceptors (Lipinski definition) is 6. The van der Waals surface area contributed by atoms with Crippen LogP contribution < -0.4 is 10.6 Å². The number of imide groups is 1. The molecule has 0 aliphatic rings. The number of thioether (sulfide) groups is 1. The maximum atomic E-state index is 11.5. The summed E-state index contributed by atoms with van der Waals surface area (Å²) < 4.78 is 5.48. The summed E-state index contributed by atoms with van der Waals surface area (Å²) in [5.41, 5.74) is 0. The van der Waals surface area contributed by atoms with E-state index in [4.69, 9.17) is 16.3 Å². The van der Waals surface area contributed by atoms with Crippen molar-refractivity contribution in [1.29, 1.82) is 0 Å². The first kappa shape index (κ1) is 18.8. The fraction of sp³-hybridized carbons (Fsp3) is 0.462. The summed E-state index contributed by atoms with van der Waals surface area (Å²) in [6, 6.07) is 3.00. The Balaban J connectivity index is 2.14. The highest BCUT2D eigenvalue weighted by Gasteiger charge is 2.11. The van der Waals surface area contributed by atoms with Gasteiger partial charge in [-0.3, -0.25) is 14.9 Å². The Bertz CT molecular complexity index is 534. The molecule has 0 saturated heterocycles. The minimum Gasteiger partial charge on any atom is -0.455 e. The summed E-state index contributed by atoms with van der Waals surface area (Å²) >= 11 is 8.62. The fourth-order valence-electron chi connectivity index (χ4n) is 1.31. The molecule has 1 aromatic rings. The molecule has 0 bridgehead atoms. The normalized spacial score (nSPS) is 10.4. The van der Waals surface area contributed by atoms with Gasteiger partial charge in [0.15, 0.2) is 6.61 Å². The van der Waals surface area contributed by atoms with E-state index in [2.05, 4.69) is 10.6 Å². The minimum absolute atomic E-state index is 0.0856. The fourth-order valence-corrected chi connectivity index (χ4v) is 3.33. The number of ether oxygens (including phenoxy) is 1. The molecule has 1 heterocycles. The zero-order valence-corrected chi connectivity index (χ0v) is 14.6. The monoisotopic (exact) mass is 364 g/mol. The Morgan fingerprint density at radius 3 is 2.68 bits per heavy atom. The largest absolute Gasteiger partial charge is 0.455 e. The highest BCUT2D eigenvalue weighted by molar-refractivity contribution is 7.99. The molecule has 9 heteroatoms. The second kappa shape index (κ2) is 9.70. The molecule has 0 aliphatic carbocycles. The molecule has 0 fully saturated rings. The minimum atomic E-state index is -0.665. The lowest BCUT2D eigenvalue weighted by Crippen LogP contribution is -2.44. The molecule has 22 heavy (non-hydrogen) atoms. The zero-order chi connectivity index (χ0) is 16.5. The molecule has 0 spiro atoms. The average molecular weight is 365 g/mol. The molecule has 0 aliphatic heterocycles. The van der Waals surface area contributed by atoms with E-state index >= 15 is 0 Å². The average Bonchev–Trinajstić information content (AvgIpc) is 2.81. The van der Waals surface area contributed by atoms with Crippen LogP contribution in [0.1, 0.15) is 18.7 Å². The number of urea groups is 1. The molecule has 2 N–H and O–H groups in total. The third kappa shape index (κ3) is 8.26. The lowest BCUT2D eigenvalue weighted by Gasteiger charge is -2.09. The van der Waals surface area contributed by atoms with Crippen LogP contribution in [0.3, 0.4) is 0 Å². The van der Waals surface area contributed by atoms with Gasteiger partial charge in [-0.25, -0.2) is 4.79 Å². The maximum absolute atomic E-state index is 11.5. The lowest BCUT2D eigenvalue weighted by molar-refractivity contribution is -0.145. The maximum Gasteiger partial charge on any atom is 0.321 e. The molecule has 1 rings (SSSR count). The van der Waals surface area contributed by atoms with E-state index in [9.17, 15) is 14.4 Å². The van der Waals surface area contributed by atoms with Gasteiger partial charge in [-0.05, 0) is 26.0 Å². The van der Waals surface area contributed by atoms with Crippen molar-refractivity contribution in [1.82, 2.24) is 10.6 Å². The van der Waals surface area contributed by atoms with Gasteiger partial charge in [-0.2, -0.15) is 0 Å². The smallest absolute Gasteiger partial charge is 0.321 e. The first-order chi connectivity index (χ1) is 10.4. The van der Waals surface area contributed by atoms with Gasteiger partial charge in [0, 0.05) is 16.7 Å². The molecular formula is C13H17ClN2O4S2. The van der Waals surface area contributed by atoms with Gasteiger partial charge in [0.1, 0.15) is 0 Å². The molecule has 0 atom stereocenters. The molecular weight excluding hydrogens is 348 g/mol. The lowest BCUT2D eigenvalue weighted by atomic mass is 10.4. The van der Waals surface area contributed by atoms with Gasteiger partial charge >= 0.3 is 12.0 Å². The number of esters is 1. The van der Waals surface area contributed by atoms with Crippen molar-refractivity contribution in [2.24, 2.45) is 0 Å². The Labute approximate surface area is 141 Å². The van der Waals surface area contributed by atoms with E-state index in [0.717, 1.165) is 4.88 Å². The van der Waals surface area contributed by atoms with Crippen molar-refractivity contribution in [2.45, 2.75) is 25.6 Å². The Morgan fingerprint density at radius 2 is 2.09 bits per heavy atom. The quantitative estimate of drug-likeness (QED) is 0.726. The number of carbonyl (C=O) groups excluding carboxylic acids is 3. The number of carbonyl (C=O) groups is 3. The first-order valence-electron chi connectivity index (χ1n) is 6.44. The Kier molecular flexibility index (Phi) is 8.29. The summed E-state index contributed by atoms with van der Waals surface area (Å²) in [6.45, 7) is 3.06.